The lowest BCUT2D eigenvalue weighted by atomic mass is 10.3. The van der Waals surface area contributed by atoms with E-state index in [1.165, 1.54) is 29.3 Å². The average molecular weight is 464 g/mol. The summed E-state index contributed by atoms with van der Waals surface area (Å²) in [5.41, 5.74) is 0.365. The summed E-state index contributed by atoms with van der Waals surface area (Å²) in [6, 6.07) is 6.41. The van der Waals surface area contributed by atoms with E-state index in [0.29, 0.717) is 10.8 Å². The summed E-state index contributed by atoms with van der Waals surface area (Å²) in [5.74, 6) is -0.170. The highest BCUT2D eigenvalue weighted by molar-refractivity contribution is 6.42. The molecule has 0 aliphatic rings. The molecule has 0 radical (unpaired) electrons. The molecule has 0 aliphatic carbocycles. The Labute approximate surface area is 178 Å². The van der Waals surface area contributed by atoms with E-state index >= 15 is 0 Å². The number of rotatable bonds is 8. The van der Waals surface area contributed by atoms with Crippen LogP contribution in [0, 0.1) is 0 Å². The number of hydrogen-bond donors (Lipinski definition) is 1. The number of ether oxygens (including phenoxy) is 2. The van der Waals surface area contributed by atoms with Gasteiger partial charge in [-0.3, -0.25) is 4.79 Å². The first-order chi connectivity index (χ1) is 14.2. The number of anilines is 1. The number of carbonyl (C=O) groups is 1. The molecule has 0 fully saturated rings. The molecule has 160 valence electrons. The van der Waals surface area contributed by atoms with Gasteiger partial charge in [-0.15, -0.1) is 0 Å². The molecule has 0 unspecified atom stereocenters. The van der Waals surface area contributed by atoms with Gasteiger partial charge in [-0.1, -0.05) is 29.3 Å². The molecule has 13 heteroatoms. The zero-order valence-electron chi connectivity index (χ0n) is 15.1. The van der Waals surface area contributed by atoms with Crippen molar-refractivity contribution < 1.29 is 27.4 Å². The van der Waals surface area contributed by atoms with Crippen molar-refractivity contribution in [2.75, 3.05) is 11.9 Å². The number of halogens is 5. The van der Waals surface area contributed by atoms with Crippen molar-refractivity contribution in [3.05, 3.63) is 58.6 Å². The van der Waals surface area contributed by atoms with Crippen molar-refractivity contribution in [3.8, 4) is 5.75 Å². The van der Waals surface area contributed by atoms with Gasteiger partial charge in [0.25, 0.3) is 5.91 Å². The molecular weight excluding hydrogens is 450 g/mol. The number of amides is 1. The predicted molar refractivity (Wildman–Crippen MR) is 102 cm³/mol. The molecule has 0 aliphatic heterocycles. The topological polar surface area (TPSA) is 83.2 Å². The van der Waals surface area contributed by atoms with Crippen molar-refractivity contribution >= 4 is 34.8 Å². The maximum absolute atomic E-state index is 12.3. The Hall–Kier alpha value is -2.76. The largest absolute Gasteiger partial charge is 0.470 e. The number of carbonyl (C=O) groups excluding carboxylic acids is 1. The quantitative estimate of drug-likeness (QED) is 0.540. The Bertz CT molecular complexity index is 1020. The Kier molecular flexibility index (Phi) is 6.85. The van der Waals surface area contributed by atoms with Gasteiger partial charge in [-0.25, -0.2) is 9.36 Å². The van der Waals surface area contributed by atoms with Crippen LogP contribution in [0.2, 0.25) is 10.0 Å². The maximum atomic E-state index is 12.3. The number of nitrogens with one attached hydrogen (secondary N) is 1. The lowest BCUT2D eigenvalue weighted by Gasteiger charge is -2.08. The first-order valence-electron chi connectivity index (χ1n) is 8.30. The van der Waals surface area contributed by atoms with Crippen molar-refractivity contribution in [3.63, 3.8) is 0 Å². The van der Waals surface area contributed by atoms with Crippen LogP contribution in [0.25, 0.3) is 0 Å². The first kappa shape index (κ1) is 21.9. The van der Waals surface area contributed by atoms with Crippen LogP contribution >= 0.6 is 23.2 Å². The molecule has 1 N–H and O–H groups in total. The Balaban J connectivity index is 1.52. The van der Waals surface area contributed by atoms with E-state index in [2.05, 4.69) is 20.3 Å². The first-order valence-corrected chi connectivity index (χ1v) is 9.05. The molecule has 1 aromatic carbocycles. The van der Waals surface area contributed by atoms with E-state index in [9.17, 15) is 18.0 Å². The van der Waals surface area contributed by atoms with Crippen LogP contribution in [0.5, 0.6) is 5.75 Å². The van der Waals surface area contributed by atoms with Gasteiger partial charge in [0.1, 0.15) is 24.1 Å². The molecular formula is C17H14Cl2F3N5O3. The molecule has 2 aromatic heterocycles. The third kappa shape index (κ3) is 6.12. The monoisotopic (exact) mass is 463 g/mol. The summed E-state index contributed by atoms with van der Waals surface area (Å²) in [5, 5.41) is 11.0. The van der Waals surface area contributed by atoms with Gasteiger partial charge in [0.05, 0.1) is 23.1 Å². The van der Waals surface area contributed by atoms with Crippen LogP contribution < -0.4 is 10.1 Å². The second-order valence-electron chi connectivity index (χ2n) is 5.88. The Morgan fingerprint density at radius 1 is 1.17 bits per heavy atom. The van der Waals surface area contributed by atoms with Gasteiger partial charge in [0.15, 0.2) is 12.4 Å². The molecule has 0 saturated heterocycles. The minimum atomic E-state index is -4.43. The lowest BCUT2D eigenvalue weighted by Crippen LogP contribution is -2.18. The minimum absolute atomic E-state index is 0.0121. The van der Waals surface area contributed by atoms with Crippen LogP contribution in [-0.4, -0.2) is 38.3 Å². The van der Waals surface area contributed by atoms with Crippen LogP contribution in [-0.2, 0) is 18.2 Å². The molecule has 0 bridgehead atoms. The summed E-state index contributed by atoms with van der Waals surface area (Å²) < 4.78 is 48.7. The van der Waals surface area contributed by atoms with Crippen molar-refractivity contribution in [1.29, 1.82) is 0 Å². The van der Waals surface area contributed by atoms with E-state index in [1.807, 2.05) is 0 Å². The van der Waals surface area contributed by atoms with Crippen LogP contribution in [0.1, 0.15) is 10.5 Å². The molecule has 3 aromatic rings. The fourth-order valence-corrected chi connectivity index (χ4v) is 2.58. The van der Waals surface area contributed by atoms with Gasteiger partial charge in [-0.05, 0) is 18.2 Å². The zero-order chi connectivity index (χ0) is 21.7. The highest BCUT2D eigenvalue weighted by Crippen LogP contribution is 2.31. The van der Waals surface area contributed by atoms with E-state index in [0.717, 1.165) is 4.68 Å². The normalized spacial score (nSPS) is 11.5. The van der Waals surface area contributed by atoms with Crippen LogP contribution in [0.15, 0.2) is 42.9 Å². The molecule has 1 amide bonds. The molecule has 3 rings (SSSR count). The molecule has 2 heterocycles. The van der Waals surface area contributed by atoms with Crippen LogP contribution in [0.3, 0.4) is 0 Å². The Morgan fingerprint density at radius 2 is 1.97 bits per heavy atom. The van der Waals surface area contributed by atoms with Gasteiger partial charge in [-0.2, -0.15) is 23.4 Å². The van der Waals surface area contributed by atoms with Gasteiger partial charge < -0.3 is 14.8 Å². The number of alkyl halides is 3. The fraction of sp³-hybridized carbons (Fsp3) is 0.235. The van der Waals surface area contributed by atoms with Crippen molar-refractivity contribution in [2.24, 2.45) is 0 Å². The highest BCUT2D eigenvalue weighted by atomic mass is 35.5. The smallest absolute Gasteiger partial charge is 0.411 e. The summed E-state index contributed by atoms with van der Waals surface area (Å²) >= 11 is 12.0. The number of hydrogen-bond acceptors (Lipinski definition) is 5. The van der Waals surface area contributed by atoms with E-state index < -0.39 is 25.4 Å². The summed E-state index contributed by atoms with van der Waals surface area (Å²) in [6.45, 7) is -1.82. The van der Waals surface area contributed by atoms with E-state index in [1.54, 1.807) is 18.2 Å². The maximum Gasteiger partial charge on any atom is 0.411 e. The number of nitrogens with zero attached hydrogens (tertiary/aromatic N) is 4. The standard InChI is InChI=1S/C17H14Cl2F3N5O3/c18-12-2-1-3-14(15(12)19)30-10-26-5-4-13(25-26)16(28)24-11-6-23-27(7-11)9-29-8-17(20,21)22/h1-7H,8-10H2,(H,24,28). The van der Waals surface area contributed by atoms with Gasteiger partial charge in [0, 0.05) is 6.20 Å². The summed E-state index contributed by atoms with van der Waals surface area (Å²) in [4.78, 5) is 12.3. The number of aromatic nitrogens is 4. The Morgan fingerprint density at radius 3 is 2.73 bits per heavy atom. The highest BCUT2D eigenvalue weighted by Gasteiger charge is 2.27. The SMILES string of the molecule is O=C(Nc1cnn(COCC(F)(F)F)c1)c1ccn(COc2cccc(Cl)c2Cl)n1. The minimum Gasteiger partial charge on any atom is -0.470 e. The van der Waals surface area contributed by atoms with E-state index in [-0.39, 0.29) is 23.1 Å². The third-order valence-electron chi connectivity index (χ3n) is 3.52. The van der Waals surface area contributed by atoms with Crippen LogP contribution in [0.4, 0.5) is 18.9 Å². The molecule has 8 nitrogen and oxygen atoms in total. The van der Waals surface area contributed by atoms with Crippen molar-refractivity contribution in [1.82, 2.24) is 19.6 Å². The predicted octanol–water partition coefficient (Wildman–Crippen LogP) is 4.21. The average Bonchev–Trinajstić information content (AvgIpc) is 3.31. The van der Waals surface area contributed by atoms with Gasteiger partial charge in [0.2, 0.25) is 0 Å². The molecule has 0 saturated carbocycles. The molecule has 0 atom stereocenters. The molecule has 0 spiro atoms. The second-order valence-corrected chi connectivity index (χ2v) is 6.67. The lowest BCUT2D eigenvalue weighted by molar-refractivity contribution is -0.182. The van der Waals surface area contributed by atoms with Crippen molar-refractivity contribution in [2.45, 2.75) is 19.6 Å². The fourth-order valence-electron chi connectivity index (χ4n) is 2.23. The number of benzene rings is 1. The third-order valence-corrected chi connectivity index (χ3v) is 4.32. The zero-order valence-corrected chi connectivity index (χ0v) is 16.6. The van der Waals surface area contributed by atoms with E-state index in [4.69, 9.17) is 27.9 Å². The summed E-state index contributed by atoms with van der Waals surface area (Å²) in [7, 11) is 0. The summed E-state index contributed by atoms with van der Waals surface area (Å²) in [6.07, 6.45) is -0.293. The second kappa shape index (κ2) is 9.37. The molecule has 30 heavy (non-hydrogen) atoms. The van der Waals surface area contributed by atoms with Gasteiger partial charge >= 0.3 is 6.18 Å².